The van der Waals surface area contributed by atoms with E-state index in [2.05, 4.69) is 207 Å². The highest BCUT2D eigenvalue weighted by molar-refractivity contribution is 7.19. The van der Waals surface area contributed by atoms with Crippen LogP contribution in [0.1, 0.15) is 101 Å². The highest BCUT2D eigenvalue weighted by atomic mass is 28.3. The molecule has 6 aromatic carbocycles. The van der Waals surface area contributed by atoms with Crippen molar-refractivity contribution in [2.75, 3.05) is 0 Å². The molecule has 0 saturated heterocycles. The molecule has 4 heteroatoms. The summed E-state index contributed by atoms with van der Waals surface area (Å²) in [4.78, 5) is 16.4. The minimum atomic E-state index is -2.79. The topological polar surface area (TPSA) is 38.7 Å². The molecule has 0 saturated carbocycles. The first-order chi connectivity index (χ1) is 26.6. The summed E-state index contributed by atoms with van der Waals surface area (Å²) in [5.74, 6) is 3.36. The van der Waals surface area contributed by atoms with Crippen LogP contribution >= 0.6 is 0 Å². The van der Waals surface area contributed by atoms with Crippen molar-refractivity contribution in [3.63, 3.8) is 0 Å². The van der Waals surface area contributed by atoms with E-state index >= 15 is 0 Å². The molecule has 0 amide bonds. The molecule has 1 heterocycles. The number of rotatable bonds is 11. The van der Waals surface area contributed by atoms with Crippen LogP contribution in [0.25, 0.3) is 34.2 Å². The van der Waals surface area contributed by atoms with E-state index in [4.69, 9.17) is 15.0 Å². The second kappa shape index (κ2) is 16.1. The molecular weight excluding hydrogens is 683 g/mol. The number of nitrogens with zero attached hydrogens (tertiary/aromatic N) is 3. The minimum Gasteiger partial charge on any atom is -0.208 e. The largest absolute Gasteiger partial charge is 0.208 e. The predicted octanol–water partition coefficient (Wildman–Crippen LogP) is 10.7. The molecule has 0 aliphatic rings. The zero-order valence-corrected chi connectivity index (χ0v) is 34.6. The first-order valence-corrected chi connectivity index (χ1v) is 21.9. The summed E-state index contributed by atoms with van der Waals surface area (Å²) in [6, 6.07) is 55.7. The Labute approximate surface area is 329 Å². The normalized spacial score (nSPS) is 11.9. The number of hydrogen-bond donors (Lipinski definition) is 0. The van der Waals surface area contributed by atoms with Gasteiger partial charge in [-0.3, -0.25) is 0 Å². The molecule has 0 unspecified atom stereocenters. The second-order valence-electron chi connectivity index (χ2n) is 16.0. The van der Waals surface area contributed by atoms with Gasteiger partial charge in [-0.2, -0.15) is 0 Å². The van der Waals surface area contributed by atoms with E-state index in [1.165, 1.54) is 43.0 Å². The molecule has 0 aliphatic heterocycles. The van der Waals surface area contributed by atoms with E-state index in [1.54, 1.807) is 0 Å². The summed E-state index contributed by atoms with van der Waals surface area (Å²) in [5, 5.41) is 5.29. The van der Waals surface area contributed by atoms with E-state index in [0.717, 1.165) is 28.3 Å². The average molecular weight is 736 g/mol. The summed E-state index contributed by atoms with van der Waals surface area (Å²) in [6.07, 6.45) is 0. The van der Waals surface area contributed by atoms with Gasteiger partial charge in [0.2, 0.25) is 0 Å². The number of hydrogen-bond acceptors (Lipinski definition) is 3. The lowest BCUT2D eigenvalue weighted by Crippen LogP contribution is -2.74. The van der Waals surface area contributed by atoms with Crippen LogP contribution < -0.4 is 20.7 Å². The fourth-order valence-electron chi connectivity index (χ4n) is 8.30. The van der Waals surface area contributed by atoms with Gasteiger partial charge in [0.05, 0.1) is 0 Å². The van der Waals surface area contributed by atoms with E-state index < -0.39 is 8.07 Å². The molecule has 7 rings (SSSR count). The van der Waals surface area contributed by atoms with Crippen molar-refractivity contribution in [1.82, 2.24) is 15.0 Å². The summed E-state index contributed by atoms with van der Waals surface area (Å²) in [7, 11) is -2.79. The maximum atomic E-state index is 5.47. The van der Waals surface area contributed by atoms with Crippen molar-refractivity contribution in [1.29, 1.82) is 0 Å². The molecular formula is C51H53N3Si. The highest BCUT2D eigenvalue weighted by Gasteiger charge is 2.41. The SMILES string of the molecule is CC(C)c1cccc(C(C)C)c1-c1nc(-c2cccc([Si](c3ccccc3)(c3ccccc3)c3ccccc3)c2)nc(-c2c(C(C)C)cccc2C(C)C)n1. The molecule has 3 nitrogen and oxygen atoms in total. The quantitative estimate of drug-likeness (QED) is 0.0981. The second-order valence-corrected chi connectivity index (χ2v) is 19.8. The van der Waals surface area contributed by atoms with Crippen LogP contribution in [0.2, 0.25) is 0 Å². The third-order valence-corrected chi connectivity index (χ3v) is 15.8. The Morgan fingerprint density at radius 3 is 0.982 bits per heavy atom. The lowest BCUT2D eigenvalue weighted by molar-refractivity contribution is 0.828. The minimum absolute atomic E-state index is 0.295. The van der Waals surface area contributed by atoms with Gasteiger partial charge in [0.1, 0.15) is 0 Å². The van der Waals surface area contributed by atoms with Crippen LogP contribution in [-0.4, -0.2) is 23.0 Å². The maximum absolute atomic E-state index is 5.47. The first-order valence-electron chi connectivity index (χ1n) is 19.9. The van der Waals surface area contributed by atoms with Gasteiger partial charge in [0, 0.05) is 16.7 Å². The van der Waals surface area contributed by atoms with Gasteiger partial charge in [-0.15, -0.1) is 0 Å². The Hall–Kier alpha value is -5.45. The summed E-state index contributed by atoms with van der Waals surface area (Å²) in [6.45, 7) is 18.1. The number of aromatic nitrogens is 3. The van der Waals surface area contributed by atoms with Gasteiger partial charge in [-0.1, -0.05) is 207 Å². The zero-order valence-electron chi connectivity index (χ0n) is 33.6. The molecule has 0 N–H and O–H groups in total. The van der Waals surface area contributed by atoms with Crippen LogP contribution in [0.3, 0.4) is 0 Å². The van der Waals surface area contributed by atoms with Gasteiger partial charge < -0.3 is 0 Å². The molecule has 0 spiro atoms. The van der Waals surface area contributed by atoms with Crippen LogP contribution in [0, 0.1) is 0 Å². The van der Waals surface area contributed by atoms with Crippen LogP contribution in [-0.2, 0) is 0 Å². The summed E-state index contributed by atoms with van der Waals surface area (Å²) in [5.41, 5.74) is 8.27. The first kappa shape index (κ1) is 37.8. The molecule has 7 aromatic rings. The van der Waals surface area contributed by atoms with Gasteiger partial charge >= 0.3 is 0 Å². The van der Waals surface area contributed by atoms with E-state index in [9.17, 15) is 0 Å². The average Bonchev–Trinajstić information content (AvgIpc) is 3.21. The van der Waals surface area contributed by atoms with Crippen molar-refractivity contribution in [2.45, 2.75) is 79.1 Å². The monoisotopic (exact) mass is 735 g/mol. The van der Waals surface area contributed by atoms with Crippen molar-refractivity contribution in [2.24, 2.45) is 0 Å². The van der Waals surface area contributed by atoms with Gasteiger partial charge in [-0.05, 0) is 66.7 Å². The molecule has 276 valence electrons. The Bertz CT molecular complexity index is 2150. The maximum Gasteiger partial charge on any atom is 0.179 e. The predicted molar refractivity (Wildman–Crippen MR) is 236 cm³/mol. The standard InChI is InChI=1S/C51H53N3Si/c1-34(2)43-29-19-30-44(35(3)4)47(43)50-52-49(53-51(54-50)48-45(36(5)6)31-20-32-46(48)37(7)8)38-21-18-28-42(33-38)55(39-22-12-9-13-23-39,40-24-14-10-15-25-40)41-26-16-11-17-27-41/h9-37H,1-8H3. The lowest BCUT2D eigenvalue weighted by atomic mass is 9.87. The Balaban J connectivity index is 1.57. The van der Waals surface area contributed by atoms with Gasteiger partial charge in [0.15, 0.2) is 25.5 Å². The third kappa shape index (κ3) is 7.24. The molecule has 0 bridgehead atoms. The van der Waals surface area contributed by atoms with Gasteiger partial charge in [0.25, 0.3) is 0 Å². The highest BCUT2D eigenvalue weighted by Crippen LogP contribution is 2.39. The fraction of sp³-hybridized carbons (Fsp3) is 0.235. The Morgan fingerprint density at radius 2 is 0.636 bits per heavy atom. The van der Waals surface area contributed by atoms with Crippen LogP contribution in [0.4, 0.5) is 0 Å². The molecule has 55 heavy (non-hydrogen) atoms. The van der Waals surface area contributed by atoms with Crippen molar-refractivity contribution in [3.8, 4) is 34.2 Å². The lowest BCUT2D eigenvalue weighted by Gasteiger charge is -2.34. The van der Waals surface area contributed by atoms with Gasteiger partial charge in [-0.25, -0.2) is 15.0 Å². The molecule has 0 radical (unpaired) electrons. The molecule has 0 aliphatic carbocycles. The number of benzene rings is 6. The van der Waals surface area contributed by atoms with Crippen LogP contribution in [0.15, 0.2) is 152 Å². The zero-order chi connectivity index (χ0) is 38.7. The fourth-order valence-corrected chi connectivity index (χ4v) is 13.1. The summed E-state index contributed by atoms with van der Waals surface area (Å²) < 4.78 is 0. The Kier molecular flexibility index (Phi) is 11.1. The smallest absolute Gasteiger partial charge is 0.179 e. The third-order valence-electron chi connectivity index (χ3n) is 11.0. The van der Waals surface area contributed by atoms with Crippen molar-refractivity contribution in [3.05, 3.63) is 174 Å². The van der Waals surface area contributed by atoms with E-state index in [-0.39, 0.29) is 0 Å². The molecule has 1 aromatic heterocycles. The van der Waals surface area contributed by atoms with Crippen molar-refractivity contribution < 1.29 is 0 Å². The van der Waals surface area contributed by atoms with Crippen LogP contribution in [0.5, 0.6) is 0 Å². The Morgan fingerprint density at radius 1 is 0.327 bits per heavy atom. The van der Waals surface area contributed by atoms with Crippen molar-refractivity contribution >= 4 is 28.8 Å². The molecule has 0 fully saturated rings. The summed E-state index contributed by atoms with van der Waals surface area (Å²) >= 11 is 0. The van der Waals surface area contributed by atoms with E-state index in [1.807, 2.05) is 0 Å². The molecule has 0 atom stereocenters. The van der Waals surface area contributed by atoms with E-state index in [0.29, 0.717) is 29.5 Å².